The van der Waals surface area contributed by atoms with E-state index in [1.807, 2.05) is 0 Å². The van der Waals surface area contributed by atoms with E-state index in [9.17, 15) is 9.59 Å². The second-order valence-electron chi connectivity index (χ2n) is 5.58. The van der Waals surface area contributed by atoms with Gasteiger partial charge in [0.15, 0.2) is 0 Å². The quantitative estimate of drug-likeness (QED) is 0.681. The molecule has 1 heterocycles. The zero-order valence-electron chi connectivity index (χ0n) is 11.7. The molecule has 0 aliphatic carbocycles. The Morgan fingerprint density at radius 2 is 2.05 bits per heavy atom. The van der Waals surface area contributed by atoms with Gasteiger partial charge in [-0.15, -0.1) is 0 Å². The summed E-state index contributed by atoms with van der Waals surface area (Å²) in [6, 6.07) is -0.329. The lowest BCUT2D eigenvalue weighted by atomic mass is 9.94. The Morgan fingerprint density at radius 3 is 2.63 bits per heavy atom. The Labute approximate surface area is 113 Å². The third-order valence-electron chi connectivity index (χ3n) is 3.30. The highest BCUT2D eigenvalue weighted by Gasteiger charge is 2.27. The molecule has 0 spiro atoms. The number of carboxylic acid groups (broad SMARTS) is 1. The van der Waals surface area contributed by atoms with Gasteiger partial charge in [-0.05, 0) is 39.5 Å². The van der Waals surface area contributed by atoms with Crippen LogP contribution in [0.3, 0.4) is 0 Å². The minimum Gasteiger partial charge on any atom is -0.481 e. The van der Waals surface area contributed by atoms with E-state index in [1.165, 1.54) is 6.42 Å². The summed E-state index contributed by atoms with van der Waals surface area (Å²) in [7, 11) is 0. The molecule has 6 heteroatoms. The van der Waals surface area contributed by atoms with Crippen LogP contribution >= 0.6 is 0 Å². The predicted molar refractivity (Wildman–Crippen MR) is 71.0 cm³/mol. The molecule has 0 bridgehead atoms. The van der Waals surface area contributed by atoms with Crippen LogP contribution in [-0.2, 0) is 9.53 Å². The third kappa shape index (κ3) is 5.92. The van der Waals surface area contributed by atoms with Gasteiger partial charge in [0.1, 0.15) is 0 Å². The number of urea groups is 1. The molecule has 19 heavy (non-hydrogen) atoms. The Morgan fingerprint density at radius 1 is 1.32 bits per heavy atom. The van der Waals surface area contributed by atoms with E-state index in [0.717, 1.165) is 25.9 Å². The summed E-state index contributed by atoms with van der Waals surface area (Å²) in [5.74, 6) is -0.927. The van der Waals surface area contributed by atoms with Crippen LogP contribution in [0.1, 0.15) is 39.5 Å². The zero-order valence-corrected chi connectivity index (χ0v) is 11.7. The topological polar surface area (TPSA) is 87.7 Å². The summed E-state index contributed by atoms with van der Waals surface area (Å²) in [5.41, 5.74) is -0.955. The van der Waals surface area contributed by atoms with Crippen LogP contribution in [-0.4, -0.2) is 42.9 Å². The second kappa shape index (κ2) is 7.33. The normalized spacial score (nSPS) is 19.8. The van der Waals surface area contributed by atoms with Crippen LogP contribution in [0.2, 0.25) is 0 Å². The van der Waals surface area contributed by atoms with Gasteiger partial charge in [-0.2, -0.15) is 0 Å². The molecule has 1 rings (SSSR count). The minimum absolute atomic E-state index is 0.105. The van der Waals surface area contributed by atoms with E-state index < -0.39 is 11.4 Å². The zero-order chi connectivity index (χ0) is 14.3. The monoisotopic (exact) mass is 272 g/mol. The first kappa shape index (κ1) is 15.8. The van der Waals surface area contributed by atoms with Gasteiger partial charge in [-0.25, -0.2) is 4.79 Å². The lowest BCUT2D eigenvalue weighted by Gasteiger charge is -2.23. The minimum atomic E-state index is -0.955. The third-order valence-corrected chi connectivity index (χ3v) is 3.30. The molecule has 2 amide bonds. The van der Waals surface area contributed by atoms with Gasteiger partial charge in [0.25, 0.3) is 0 Å². The fourth-order valence-corrected chi connectivity index (χ4v) is 1.82. The van der Waals surface area contributed by atoms with Gasteiger partial charge in [-0.3, -0.25) is 4.79 Å². The first-order chi connectivity index (χ1) is 8.92. The average molecular weight is 272 g/mol. The molecule has 1 fully saturated rings. The Kier molecular flexibility index (Phi) is 6.08. The van der Waals surface area contributed by atoms with Crippen LogP contribution in [0, 0.1) is 5.41 Å². The molecular weight excluding hydrogens is 248 g/mol. The lowest BCUT2D eigenvalue weighted by molar-refractivity contribution is -0.146. The van der Waals surface area contributed by atoms with Gasteiger partial charge in [0.05, 0.1) is 11.5 Å². The van der Waals surface area contributed by atoms with Crippen LogP contribution in [0.5, 0.6) is 0 Å². The van der Waals surface area contributed by atoms with Gasteiger partial charge >= 0.3 is 12.0 Å². The van der Waals surface area contributed by atoms with Crippen LogP contribution in [0.15, 0.2) is 0 Å². The Balaban J connectivity index is 2.12. The Hall–Kier alpha value is -1.30. The summed E-state index contributed by atoms with van der Waals surface area (Å²) >= 11 is 0. The van der Waals surface area contributed by atoms with Crippen LogP contribution in [0.25, 0.3) is 0 Å². The molecule has 110 valence electrons. The van der Waals surface area contributed by atoms with Gasteiger partial charge < -0.3 is 20.5 Å². The summed E-state index contributed by atoms with van der Waals surface area (Å²) in [6.07, 6.45) is 4.40. The number of carbonyl (C=O) groups excluding carboxylic acids is 1. The molecule has 0 saturated carbocycles. The molecule has 1 aliphatic rings. The smallest absolute Gasteiger partial charge is 0.314 e. The summed E-state index contributed by atoms with van der Waals surface area (Å²) < 4.78 is 5.56. The maximum atomic E-state index is 11.5. The molecule has 0 radical (unpaired) electrons. The number of carboxylic acids is 1. The molecular formula is C13H24N2O4. The van der Waals surface area contributed by atoms with Crippen molar-refractivity contribution in [2.24, 2.45) is 5.41 Å². The molecule has 1 unspecified atom stereocenters. The largest absolute Gasteiger partial charge is 0.481 e. The van der Waals surface area contributed by atoms with Crippen molar-refractivity contribution in [2.45, 2.75) is 45.6 Å². The first-order valence-electron chi connectivity index (χ1n) is 6.78. The Bertz CT molecular complexity index is 312. The molecule has 6 nitrogen and oxygen atoms in total. The number of hydrogen-bond donors (Lipinski definition) is 3. The number of aliphatic carboxylic acids is 1. The van der Waals surface area contributed by atoms with E-state index in [2.05, 4.69) is 10.6 Å². The van der Waals surface area contributed by atoms with E-state index in [4.69, 9.17) is 9.84 Å². The van der Waals surface area contributed by atoms with E-state index >= 15 is 0 Å². The fourth-order valence-electron chi connectivity index (χ4n) is 1.82. The van der Waals surface area contributed by atoms with Crippen molar-refractivity contribution < 1.29 is 19.4 Å². The van der Waals surface area contributed by atoms with Gasteiger partial charge in [0.2, 0.25) is 0 Å². The molecule has 0 aromatic rings. The van der Waals surface area contributed by atoms with Gasteiger partial charge in [0, 0.05) is 19.7 Å². The highest BCUT2D eigenvalue weighted by atomic mass is 16.5. The van der Waals surface area contributed by atoms with E-state index in [-0.39, 0.29) is 18.7 Å². The molecule has 0 aromatic carbocycles. The second-order valence-corrected chi connectivity index (χ2v) is 5.58. The van der Waals surface area contributed by atoms with E-state index in [0.29, 0.717) is 6.54 Å². The number of carbonyl (C=O) groups is 2. The lowest BCUT2D eigenvalue weighted by Crippen LogP contribution is -2.44. The van der Waals surface area contributed by atoms with E-state index in [1.54, 1.807) is 13.8 Å². The van der Waals surface area contributed by atoms with Crippen LogP contribution in [0.4, 0.5) is 4.79 Å². The fraction of sp³-hybridized carbons (Fsp3) is 0.846. The predicted octanol–water partition coefficient (Wildman–Crippen LogP) is 1.36. The molecule has 3 N–H and O–H groups in total. The van der Waals surface area contributed by atoms with Crippen molar-refractivity contribution in [3.63, 3.8) is 0 Å². The molecule has 1 saturated heterocycles. The molecule has 1 atom stereocenters. The maximum absolute atomic E-state index is 11.5. The maximum Gasteiger partial charge on any atom is 0.314 e. The number of ether oxygens (including phenoxy) is 1. The highest BCUT2D eigenvalue weighted by molar-refractivity contribution is 5.77. The van der Waals surface area contributed by atoms with Crippen molar-refractivity contribution in [2.75, 3.05) is 19.7 Å². The summed E-state index contributed by atoms with van der Waals surface area (Å²) in [4.78, 5) is 22.4. The van der Waals surface area contributed by atoms with Crippen molar-refractivity contribution in [3.05, 3.63) is 0 Å². The number of hydrogen-bond acceptors (Lipinski definition) is 3. The van der Waals surface area contributed by atoms with Crippen molar-refractivity contribution in [3.8, 4) is 0 Å². The van der Waals surface area contributed by atoms with Crippen molar-refractivity contribution in [1.82, 2.24) is 10.6 Å². The van der Waals surface area contributed by atoms with Crippen LogP contribution < -0.4 is 10.6 Å². The van der Waals surface area contributed by atoms with Gasteiger partial charge in [-0.1, -0.05) is 0 Å². The molecule has 1 aliphatic heterocycles. The standard InChI is InChI=1S/C13H24N2O4/c1-13(2,11(16)17)9-15-12(18)14-7-6-10-5-3-4-8-19-10/h10H,3-9H2,1-2H3,(H,16,17)(H2,14,15,18). The summed E-state index contributed by atoms with van der Waals surface area (Å²) in [5, 5.41) is 14.2. The average Bonchev–Trinajstić information content (AvgIpc) is 2.37. The molecule has 0 aromatic heterocycles. The number of amides is 2. The SMILES string of the molecule is CC(C)(CNC(=O)NCCC1CCCCO1)C(=O)O. The van der Waals surface area contributed by atoms with Crippen molar-refractivity contribution in [1.29, 1.82) is 0 Å². The van der Waals surface area contributed by atoms with Crippen molar-refractivity contribution >= 4 is 12.0 Å². The highest BCUT2D eigenvalue weighted by Crippen LogP contribution is 2.15. The first-order valence-corrected chi connectivity index (χ1v) is 6.78. The summed E-state index contributed by atoms with van der Waals surface area (Å²) in [6.45, 7) is 4.61. The number of rotatable bonds is 6. The number of nitrogens with one attached hydrogen (secondary N) is 2.